The highest BCUT2D eigenvalue weighted by atomic mass is 16.3. The zero-order valence-corrected chi connectivity index (χ0v) is 9.63. The van der Waals surface area contributed by atoms with Gasteiger partial charge in [0.15, 0.2) is 0 Å². The van der Waals surface area contributed by atoms with E-state index in [1.807, 2.05) is 0 Å². The van der Waals surface area contributed by atoms with Crippen LogP contribution in [0.5, 0.6) is 0 Å². The molecule has 86 valence electrons. The fourth-order valence-electron chi connectivity index (χ4n) is 2.49. The molecule has 2 N–H and O–H groups in total. The summed E-state index contributed by atoms with van der Waals surface area (Å²) in [4.78, 5) is 0. The van der Waals surface area contributed by atoms with E-state index in [2.05, 4.69) is 18.3 Å². The van der Waals surface area contributed by atoms with E-state index in [-0.39, 0.29) is 12.1 Å². The van der Waals surface area contributed by atoms with E-state index in [9.17, 15) is 5.26 Å². The van der Waals surface area contributed by atoms with Gasteiger partial charge in [-0.25, -0.2) is 0 Å². The topological polar surface area (TPSA) is 56.0 Å². The van der Waals surface area contributed by atoms with Crippen LogP contribution in [0.1, 0.15) is 45.4 Å². The number of nitrogens with one attached hydrogen (secondary N) is 1. The Bertz CT molecular complexity index is 214. The Morgan fingerprint density at radius 1 is 1.47 bits per heavy atom. The van der Waals surface area contributed by atoms with Crippen molar-refractivity contribution < 1.29 is 5.11 Å². The molecule has 0 heterocycles. The zero-order chi connectivity index (χ0) is 11.1. The predicted octanol–water partition coefficient (Wildman–Crippen LogP) is 1.82. The fraction of sp³-hybridized carbons (Fsp3) is 0.917. The molecule has 0 unspecified atom stereocenters. The molecule has 1 aliphatic rings. The Kier molecular flexibility index (Phi) is 5.07. The molecule has 0 aromatic rings. The van der Waals surface area contributed by atoms with Crippen molar-refractivity contribution in [1.29, 1.82) is 5.26 Å². The van der Waals surface area contributed by atoms with Crippen molar-refractivity contribution in [2.45, 2.75) is 51.0 Å². The predicted molar refractivity (Wildman–Crippen MR) is 60.3 cm³/mol. The molecule has 0 atom stereocenters. The average molecular weight is 210 g/mol. The minimum Gasteiger partial charge on any atom is -0.395 e. The molecule has 1 fully saturated rings. The molecule has 0 spiro atoms. The molecule has 0 aromatic carbocycles. The van der Waals surface area contributed by atoms with Crippen LogP contribution >= 0.6 is 0 Å². The number of rotatable bonds is 5. The maximum absolute atomic E-state index is 9.19. The summed E-state index contributed by atoms with van der Waals surface area (Å²) < 4.78 is 0. The first kappa shape index (κ1) is 12.5. The Labute approximate surface area is 92.5 Å². The highest BCUT2D eigenvalue weighted by Gasteiger charge is 2.34. The molecule has 0 aliphatic heterocycles. The number of nitriles is 1. The van der Waals surface area contributed by atoms with E-state index >= 15 is 0 Å². The standard InChI is InChI=1S/C12H22N2O/c1-2-3-11-4-6-12(10-13,7-5-11)14-8-9-15/h11,14-15H,2-9H2,1H3. The van der Waals surface area contributed by atoms with Crippen molar-refractivity contribution in [2.24, 2.45) is 5.92 Å². The first-order valence-corrected chi connectivity index (χ1v) is 6.03. The smallest absolute Gasteiger partial charge is 0.106 e. The Morgan fingerprint density at radius 3 is 2.60 bits per heavy atom. The van der Waals surface area contributed by atoms with Crippen molar-refractivity contribution in [2.75, 3.05) is 13.2 Å². The monoisotopic (exact) mass is 210 g/mol. The highest BCUT2D eigenvalue weighted by Crippen LogP contribution is 2.33. The van der Waals surface area contributed by atoms with Gasteiger partial charge in [-0.2, -0.15) is 5.26 Å². The first-order chi connectivity index (χ1) is 7.26. The van der Waals surface area contributed by atoms with Crippen LogP contribution in [0.2, 0.25) is 0 Å². The van der Waals surface area contributed by atoms with E-state index in [4.69, 9.17) is 5.11 Å². The Balaban J connectivity index is 2.41. The molecule has 3 nitrogen and oxygen atoms in total. The number of β-amino-alcohol motifs (C(OH)–C–C–N with tert-alkyl or cyclic N) is 1. The van der Waals surface area contributed by atoms with Gasteiger partial charge in [-0.1, -0.05) is 19.8 Å². The second-order valence-electron chi connectivity index (χ2n) is 4.58. The molecule has 0 aromatic heterocycles. The maximum Gasteiger partial charge on any atom is 0.106 e. The van der Waals surface area contributed by atoms with Crippen LogP contribution in [-0.2, 0) is 0 Å². The lowest BCUT2D eigenvalue weighted by molar-refractivity contribution is 0.209. The molecule has 0 saturated heterocycles. The molecular weight excluding hydrogens is 188 g/mol. The second-order valence-corrected chi connectivity index (χ2v) is 4.58. The SMILES string of the molecule is CCCC1CCC(C#N)(NCCO)CC1. The normalized spacial score (nSPS) is 31.1. The molecule has 15 heavy (non-hydrogen) atoms. The van der Waals surface area contributed by atoms with Crippen LogP contribution < -0.4 is 5.32 Å². The largest absolute Gasteiger partial charge is 0.395 e. The minimum atomic E-state index is -0.354. The number of aliphatic hydroxyl groups is 1. The quantitative estimate of drug-likeness (QED) is 0.727. The van der Waals surface area contributed by atoms with Gasteiger partial charge in [0.2, 0.25) is 0 Å². The van der Waals surface area contributed by atoms with Crippen molar-refractivity contribution in [3.8, 4) is 6.07 Å². The van der Waals surface area contributed by atoms with Gasteiger partial charge in [0.25, 0.3) is 0 Å². The summed E-state index contributed by atoms with van der Waals surface area (Å²) in [5.74, 6) is 0.812. The van der Waals surface area contributed by atoms with Crippen LogP contribution in [-0.4, -0.2) is 23.8 Å². The third-order valence-corrected chi connectivity index (χ3v) is 3.44. The molecule has 1 saturated carbocycles. The van der Waals surface area contributed by atoms with Crippen molar-refractivity contribution in [3.05, 3.63) is 0 Å². The number of hydrogen-bond donors (Lipinski definition) is 2. The van der Waals surface area contributed by atoms with Crippen molar-refractivity contribution in [1.82, 2.24) is 5.32 Å². The fourth-order valence-corrected chi connectivity index (χ4v) is 2.49. The number of nitrogens with zero attached hydrogens (tertiary/aromatic N) is 1. The van der Waals surface area contributed by atoms with Gasteiger partial charge in [0.05, 0.1) is 12.7 Å². The minimum absolute atomic E-state index is 0.113. The summed E-state index contributed by atoms with van der Waals surface area (Å²) in [5, 5.41) is 21.1. The molecular formula is C12H22N2O. The van der Waals surface area contributed by atoms with E-state index in [1.165, 1.54) is 12.8 Å². The van der Waals surface area contributed by atoms with Crippen LogP contribution in [0, 0.1) is 17.2 Å². The van der Waals surface area contributed by atoms with E-state index in [0.717, 1.165) is 31.6 Å². The third-order valence-electron chi connectivity index (χ3n) is 3.44. The summed E-state index contributed by atoms with van der Waals surface area (Å²) in [6, 6.07) is 2.39. The van der Waals surface area contributed by atoms with Crippen LogP contribution in [0.3, 0.4) is 0 Å². The van der Waals surface area contributed by atoms with Gasteiger partial charge >= 0.3 is 0 Å². The molecule has 0 bridgehead atoms. The molecule has 0 radical (unpaired) electrons. The number of hydrogen-bond acceptors (Lipinski definition) is 3. The van der Waals surface area contributed by atoms with E-state index in [0.29, 0.717) is 6.54 Å². The molecule has 0 amide bonds. The van der Waals surface area contributed by atoms with Crippen molar-refractivity contribution in [3.63, 3.8) is 0 Å². The zero-order valence-electron chi connectivity index (χ0n) is 9.63. The van der Waals surface area contributed by atoms with Gasteiger partial charge in [-0.15, -0.1) is 0 Å². The van der Waals surface area contributed by atoms with Gasteiger partial charge in [-0.3, -0.25) is 5.32 Å². The lowest BCUT2D eigenvalue weighted by atomic mass is 9.76. The van der Waals surface area contributed by atoms with Gasteiger partial charge in [0.1, 0.15) is 5.54 Å². The van der Waals surface area contributed by atoms with Crippen LogP contribution in [0.15, 0.2) is 0 Å². The lowest BCUT2D eigenvalue weighted by Gasteiger charge is -2.35. The van der Waals surface area contributed by atoms with Crippen LogP contribution in [0.4, 0.5) is 0 Å². The second kappa shape index (κ2) is 6.09. The highest BCUT2D eigenvalue weighted by molar-refractivity contribution is 5.09. The van der Waals surface area contributed by atoms with Gasteiger partial charge in [-0.05, 0) is 31.6 Å². The summed E-state index contributed by atoms with van der Waals surface area (Å²) in [6.07, 6.45) is 6.72. The van der Waals surface area contributed by atoms with Gasteiger partial charge in [0, 0.05) is 6.54 Å². The summed E-state index contributed by atoms with van der Waals surface area (Å²) in [5.41, 5.74) is -0.354. The summed E-state index contributed by atoms with van der Waals surface area (Å²) >= 11 is 0. The maximum atomic E-state index is 9.19. The molecule has 1 rings (SSSR count). The Morgan fingerprint density at radius 2 is 2.13 bits per heavy atom. The average Bonchev–Trinajstić information content (AvgIpc) is 2.29. The van der Waals surface area contributed by atoms with Crippen molar-refractivity contribution >= 4 is 0 Å². The van der Waals surface area contributed by atoms with Gasteiger partial charge < -0.3 is 5.11 Å². The van der Waals surface area contributed by atoms with E-state index < -0.39 is 0 Å². The Hall–Kier alpha value is -0.590. The summed E-state index contributed by atoms with van der Waals surface area (Å²) in [6.45, 7) is 2.87. The van der Waals surface area contributed by atoms with E-state index in [1.54, 1.807) is 0 Å². The lowest BCUT2D eigenvalue weighted by Crippen LogP contribution is -2.47. The molecule has 3 heteroatoms. The number of aliphatic hydroxyl groups excluding tert-OH is 1. The van der Waals surface area contributed by atoms with Crippen LogP contribution in [0.25, 0.3) is 0 Å². The molecule has 1 aliphatic carbocycles. The third kappa shape index (κ3) is 3.48. The first-order valence-electron chi connectivity index (χ1n) is 6.03. The summed E-state index contributed by atoms with van der Waals surface area (Å²) in [7, 11) is 0.